The normalized spacial score (nSPS) is 10.6. The van der Waals surface area contributed by atoms with Crippen molar-refractivity contribution in [3.8, 4) is 0 Å². The summed E-state index contributed by atoms with van der Waals surface area (Å²) >= 11 is 0. The minimum Gasteiger partial charge on any atom is -0.450 e. The smallest absolute Gasteiger partial charge is 0.375 e. The second-order valence-electron chi connectivity index (χ2n) is 5.49. The van der Waals surface area contributed by atoms with Gasteiger partial charge in [0.15, 0.2) is 6.61 Å². The summed E-state index contributed by atoms with van der Waals surface area (Å²) in [4.78, 5) is 25.8. The third-order valence-electron chi connectivity index (χ3n) is 3.55. The van der Waals surface area contributed by atoms with Gasteiger partial charge in [-0.2, -0.15) is 0 Å². The van der Waals surface area contributed by atoms with Crippen molar-refractivity contribution < 1.29 is 18.7 Å². The van der Waals surface area contributed by atoms with Gasteiger partial charge in [0.1, 0.15) is 5.58 Å². The van der Waals surface area contributed by atoms with Gasteiger partial charge in [0.25, 0.3) is 5.91 Å². The number of esters is 1. The number of aryl methyl sites for hydroxylation is 1. The van der Waals surface area contributed by atoms with Crippen LogP contribution in [0.25, 0.3) is 11.0 Å². The second-order valence-corrected chi connectivity index (χ2v) is 5.49. The molecule has 0 bridgehead atoms. The highest BCUT2D eigenvalue weighted by Crippen LogP contribution is 2.25. The Balaban J connectivity index is 2.05. The Labute approximate surface area is 135 Å². The van der Waals surface area contributed by atoms with Gasteiger partial charge in [0, 0.05) is 24.0 Å². The van der Waals surface area contributed by atoms with Gasteiger partial charge in [0.05, 0.1) is 0 Å². The highest BCUT2D eigenvalue weighted by atomic mass is 16.5. The summed E-state index contributed by atoms with van der Waals surface area (Å²) in [5, 5.41) is 0.864. The van der Waals surface area contributed by atoms with Crippen LogP contribution in [0.5, 0.6) is 0 Å². The average molecular weight is 315 g/mol. The van der Waals surface area contributed by atoms with Crippen molar-refractivity contribution in [2.75, 3.05) is 19.7 Å². The number of benzene rings is 1. The maximum Gasteiger partial charge on any atom is 0.375 e. The van der Waals surface area contributed by atoms with E-state index in [1.165, 1.54) is 0 Å². The summed E-state index contributed by atoms with van der Waals surface area (Å²) < 4.78 is 10.6. The minimum absolute atomic E-state index is 0.141. The minimum atomic E-state index is -0.626. The average Bonchev–Trinajstić information content (AvgIpc) is 2.87. The van der Waals surface area contributed by atoms with Crippen molar-refractivity contribution >= 4 is 22.8 Å². The van der Waals surface area contributed by atoms with E-state index in [0.717, 1.165) is 11.0 Å². The Morgan fingerprint density at radius 1 is 1.30 bits per heavy atom. The Hall–Kier alpha value is -2.56. The first-order valence-electron chi connectivity index (χ1n) is 7.51. The molecule has 5 heteroatoms. The van der Waals surface area contributed by atoms with Crippen LogP contribution in [0.15, 0.2) is 40.8 Å². The summed E-state index contributed by atoms with van der Waals surface area (Å²) in [5.74, 6) is -0.738. The molecular weight excluding hydrogens is 294 g/mol. The Kier molecular flexibility index (Phi) is 5.21. The molecule has 1 aromatic carbocycles. The predicted molar refractivity (Wildman–Crippen MR) is 88.3 cm³/mol. The van der Waals surface area contributed by atoms with Crippen molar-refractivity contribution in [3.05, 3.63) is 47.7 Å². The topological polar surface area (TPSA) is 59.8 Å². The van der Waals surface area contributed by atoms with Crippen LogP contribution in [0.1, 0.15) is 30.0 Å². The van der Waals surface area contributed by atoms with E-state index < -0.39 is 5.97 Å². The molecule has 0 spiro atoms. The standard InChI is InChI=1S/C18H21NO4/c1-5-19(10-12(2)3)16(20)11-22-18(21)17-13(4)14-8-6-7-9-15(14)23-17/h6-9H,2,5,10-11H2,1,3-4H3. The largest absolute Gasteiger partial charge is 0.450 e. The van der Waals surface area contributed by atoms with Crippen LogP contribution in [0.4, 0.5) is 0 Å². The number of furan rings is 1. The Morgan fingerprint density at radius 2 is 2.00 bits per heavy atom. The molecule has 0 fully saturated rings. The molecule has 122 valence electrons. The number of amides is 1. The number of fused-ring (bicyclic) bond motifs is 1. The number of rotatable bonds is 6. The quantitative estimate of drug-likeness (QED) is 0.606. The first kappa shape index (κ1) is 16.8. The lowest BCUT2D eigenvalue weighted by molar-refractivity contribution is -0.134. The number of hydrogen-bond donors (Lipinski definition) is 0. The molecular formula is C18H21NO4. The van der Waals surface area contributed by atoms with Crippen LogP contribution in [0.2, 0.25) is 0 Å². The third kappa shape index (κ3) is 3.80. The summed E-state index contributed by atoms with van der Waals surface area (Å²) in [7, 11) is 0. The van der Waals surface area contributed by atoms with Crippen molar-refractivity contribution in [1.29, 1.82) is 0 Å². The zero-order chi connectivity index (χ0) is 17.0. The molecule has 1 aromatic heterocycles. The van der Waals surface area contributed by atoms with Gasteiger partial charge in [-0.15, -0.1) is 0 Å². The summed E-state index contributed by atoms with van der Waals surface area (Å²) in [6.07, 6.45) is 0. The number of likely N-dealkylation sites (N-methyl/N-ethyl adjacent to an activating group) is 1. The second kappa shape index (κ2) is 7.13. The first-order chi connectivity index (χ1) is 10.9. The van der Waals surface area contributed by atoms with Crippen LogP contribution >= 0.6 is 0 Å². The maximum absolute atomic E-state index is 12.2. The van der Waals surface area contributed by atoms with Gasteiger partial charge in [-0.1, -0.05) is 30.4 Å². The zero-order valence-electron chi connectivity index (χ0n) is 13.7. The van der Waals surface area contributed by atoms with E-state index in [9.17, 15) is 9.59 Å². The van der Waals surface area contributed by atoms with Gasteiger partial charge < -0.3 is 14.1 Å². The van der Waals surface area contributed by atoms with Crippen LogP contribution < -0.4 is 0 Å². The molecule has 0 atom stereocenters. The fraction of sp³-hybridized carbons (Fsp3) is 0.333. The monoisotopic (exact) mass is 315 g/mol. The fourth-order valence-corrected chi connectivity index (χ4v) is 2.36. The molecule has 23 heavy (non-hydrogen) atoms. The third-order valence-corrected chi connectivity index (χ3v) is 3.55. The van der Waals surface area contributed by atoms with E-state index in [1.807, 2.05) is 32.0 Å². The number of ether oxygens (including phenoxy) is 1. The lowest BCUT2D eigenvalue weighted by Crippen LogP contribution is -2.35. The number of carbonyl (C=O) groups is 2. The molecule has 0 saturated carbocycles. The van der Waals surface area contributed by atoms with Crippen LogP contribution in [-0.4, -0.2) is 36.5 Å². The molecule has 1 amide bonds. The van der Waals surface area contributed by atoms with Crippen molar-refractivity contribution in [2.24, 2.45) is 0 Å². The summed E-state index contributed by atoms with van der Waals surface area (Å²) in [5.41, 5.74) is 2.22. The van der Waals surface area contributed by atoms with Crippen LogP contribution in [-0.2, 0) is 9.53 Å². The SMILES string of the molecule is C=C(C)CN(CC)C(=O)COC(=O)c1oc2ccccc2c1C. The van der Waals surface area contributed by atoms with E-state index >= 15 is 0 Å². The summed E-state index contributed by atoms with van der Waals surface area (Å²) in [6.45, 7) is 9.98. The lowest BCUT2D eigenvalue weighted by Gasteiger charge is -2.20. The number of para-hydroxylation sites is 1. The molecule has 0 unspecified atom stereocenters. The Bertz CT molecular complexity index is 745. The van der Waals surface area contributed by atoms with Crippen LogP contribution in [0.3, 0.4) is 0 Å². The highest BCUT2D eigenvalue weighted by Gasteiger charge is 2.21. The predicted octanol–water partition coefficient (Wildman–Crippen LogP) is 3.32. The molecule has 2 aromatic rings. The highest BCUT2D eigenvalue weighted by molar-refractivity contribution is 5.96. The molecule has 1 heterocycles. The molecule has 0 N–H and O–H groups in total. The van der Waals surface area contributed by atoms with E-state index in [2.05, 4.69) is 6.58 Å². The van der Waals surface area contributed by atoms with Gasteiger partial charge in [-0.05, 0) is 26.8 Å². The van der Waals surface area contributed by atoms with Gasteiger partial charge in [-0.25, -0.2) is 4.79 Å². The lowest BCUT2D eigenvalue weighted by atomic mass is 10.1. The molecule has 0 aliphatic rings. The molecule has 2 rings (SSSR count). The molecule has 0 saturated heterocycles. The van der Waals surface area contributed by atoms with E-state index in [4.69, 9.17) is 9.15 Å². The van der Waals surface area contributed by atoms with E-state index in [-0.39, 0.29) is 18.3 Å². The van der Waals surface area contributed by atoms with Crippen LogP contribution in [0, 0.1) is 6.92 Å². The number of hydrogen-bond acceptors (Lipinski definition) is 4. The fourth-order valence-electron chi connectivity index (χ4n) is 2.36. The number of carbonyl (C=O) groups excluding carboxylic acids is 2. The molecule has 0 aliphatic heterocycles. The number of nitrogens with zero attached hydrogens (tertiary/aromatic N) is 1. The van der Waals surface area contributed by atoms with Crippen molar-refractivity contribution in [3.63, 3.8) is 0 Å². The van der Waals surface area contributed by atoms with Crippen molar-refractivity contribution in [1.82, 2.24) is 4.90 Å². The molecule has 5 nitrogen and oxygen atoms in total. The first-order valence-corrected chi connectivity index (χ1v) is 7.51. The van der Waals surface area contributed by atoms with Crippen molar-refractivity contribution in [2.45, 2.75) is 20.8 Å². The molecule has 0 radical (unpaired) electrons. The van der Waals surface area contributed by atoms with Gasteiger partial charge >= 0.3 is 5.97 Å². The van der Waals surface area contributed by atoms with E-state index in [1.54, 1.807) is 17.9 Å². The van der Waals surface area contributed by atoms with Gasteiger partial charge in [0.2, 0.25) is 5.76 Å². The Morgan fingerprint density at radius 3 is 2.61 bits per heavy atom. The van der Waals surface area contributed by atoms with E-state index in [0.29, 0.717) is 24.2 Å². The zero-order valence-corrected chi connectivity index (χ0v) is 13.7. The summed E-state index contributed by atoms with van der Waals surface area (Å²) in [6, 6.07) is 7.37. The maximum atomic E-state index is 12.2. The molecule has 0 aliphatic carbocycles. The van der Waals surface area contributed by atoms with Gasteiger partial charge in [-0.3, -0.25) is 4.79 Å².